The molecule has 4 heterocycles. The fraction of sp³-hybridized carbons (Fsp3) is 0.500. The lowest BCUT2D eigenvalue weighted by atomic mass is 9.98. The average Bonchev–Trinajstić information content (AvgIpc) is 3.30. The molecule has 0 amide bonds. The first-order valence-corrected chi connectivity index (χ1v) is 8.19. The molecule has 24 heavy (non-hydrogen) atoms. The van der Waals surface area contributed by atoms with E-state index >= 15 is 0 Å². The fourth-order valence-electron chi connectivity index (χ4n) is 3.23. The highest BCUT2D eigenvalue weighted by Crippen LogP contribution is 2.24. The van der Waals surface area contributed by atoms with E-state index in [4.69, 9.17) is 8.83 Å². The molecule has 0 saturated carbocycles. The van der Waals surface area contributed by atoms with Gasteiger partial charge in [0.2, 0.25) is 5.89 Å². The van der Waals surface area contributed by atoms with E-state index in [9.17, 15) is 0 Å². The van der Waals surface area contributed by atoms with Crippen LogP contribution in [0.2, 0.25) is 0 Å². The predicted octanol–water partition coefficient (Wildman–Crippen LogP) is 2.14. The van der Waals surface area contributed by atoms with Crippen LogP contribution in [0.3, 0.4) is 0 Å². The number of hydrogen-bond donors (Lipinski definition) is 0. The van der Waals surface area contributed by atoms with Gasteiger partial charge in [0.1, 0.15) is 12.7 Å². The summed E-state index contributed by atoms with van der Waals surface area (Å²) < 4.78 is 13.1. The Morgan fingerprint density at radius 1 is 1.33 bits per heavy atom. The predicted molar refractivity (Wildman–Crippen MR) is 84.8 cm³/mol. The van der Waals surface area contributed by atoms with Crippen LogP contribution in [0.25, 0.3) is 11.7 Å². The van der Waals surface area contributed by atoms with Crippen molar-refractivity contribution in [2.24, 2.45) is 5.92 Å². The molecule has 0 N–H and O–H groups in total. The lowest BCUT2D eigenvalue weighted by Gasteiger charge is -2.31. The topological polar surface area (TPSA) is 86.0 Å². The van der Waals surface area contributed by atoms with Gasteiger partial charge in [-0.25, -0.2) is 4.98 Å². The van der Waals surface area contributed by atoms with Crippen molar-refractivity contribution in [3.63, 3.8) is 0 Å². The van der Waals surface area contributed by atoms with Crippen molar-refractivity contribution >= 4 is 0 Å². The maximum Gasteiger partial charge on any atom is 0.283 e. The molecule has 4 rings (SSSR count). The number of nitrogens with zero attached hydrogens (tertiary/aromatic N) is 6. The second-order valence-electron chi connectivity index (χ2n) is 6.29. The number of piperidine rings is 1. The maximum absolute atomic E-state index is 5.77. The summed E-state index contributed by atoms with van der Waals surface area (Å²) in [6.07, 6.45) is 7.36. The highest BCUT2D eigenvalue weighted by molar-refractivity contribution is 5.49. The third-order valence-electron chi connectivity index (χ3n) is 4.40. The molecule has 0 aliphatic carbocycles. The minimum atomic E-state index is 0.448. The van der Waals surface area contributed by atoms with E-state index in [1.54, 1.807) is 18.9 Å². The van der Waals surface area contributed by atoms with Crippen molar-refractivity contribution < 1.29 is 8.83 Å². The molecule has 0 aromatic carbocycles. The normalized spacial score (nSPS) is 19.0. The minimum Gasteiger partial charge on any atom is -0.459 e. The van der Waals surface area contributed by atoms with Crippen LogP contribution in [-0.4, -0.2) is 43.0 Å². The van der Waals surface area contributed by atoms with Crippen LogP contribution in [0.5, 0.6) is 0 Å². The van der Waals surface area contributed by atoms with Crippen LogP contribution in [0.15, 0.2) is 33.8 Å². The monoisotopic (exact) mass is 328 g/mol. The Morgan fingerprint density at radius 3 is 3.08 bits per heavy atom. The van der Waals surface area contributed by atoms with Gasteiger partial charge in [-0.05, 0) is 38.3 Å². The van der Waals surface area contributed by atoms with Crippen molar-refractivity contribution in [1.82, 2.24) is 29.9 Å². The third kappa shape index (κ3) is 3.23. The van der Waals surface area contributed by atoms with Crippen molar-refractivity contribution in [3.05, 3.63) is 36.4 Å². The standard InChI is InChI=1S/C16H20N6O2/c1-12-4-6-23-15(12)16-20-19-14(24-16)9-21-5-2-3-13(7-21)8-22-11-17-10-18-22/h4,6,10-11,13H,2-3,5,7-9H2,1H3/t13-/m0/s1. The summed E-state index contributed by atoms with van der Waals surface area (Å²) in [7, 11) is 0. The van der Waals surface area contributed by atoms with Crippen molar-refractivity contribution in [2.75, 3.05) is 13.1 Å². The van der Waals surface area contributed by atoms with E-state index in [2.05, 4.69) is 25.2 Å². The summed E-state index contributed by atoms with van der Waals surface area (Å²) in [6, 6.07) is 1.89. The lowest BCUT2D eigenvalue weighted by Crippen LogP contribution is -2.36. The van der Waals surface area contributed by atoms with Gasteiger partial charge in [0.15, 0.2) is 5.76 Å². The van der Waals surface area contributed by atoms with E-state index in [-0.39, 0.29) is 0 Å². The lowest BCUT2D eigenvalue weighted by molar-refractivity contribution is 0.142. The zero-order valence-corrected chi connectivity index (χ0v) is 13.6. The Kier molecular flexibility index (Phi) is 4.12. The first-order chi connectivity index (χ1) is 11.8. The number of aromatic nitrogens is 5. The van der Waals surface area contributed by atoms with Crippen LogP contribution in [-0.2, 0) is 13.1 Å². The Balaban J connectivity index is 1.38. The Hall–Kier alpha value is -2.48. The molecule has 1 fully saturated rings. The molecule has 0 bridgehead atoms. The van der Waals surface area contributed by atoms with E-state index in [0.29, 0.717) is 30.0 Å². The number of rotatable bonds is 5. The quantitative estimate of drug-likeness (QED) is 0.709. The van der Waals surface area contributed by atoms with Crippen molar-refractivity contribution in [3.8, 4) is 11.7 Å². The van der Waals surface area contributed by atoms with Gasteiger partial charge < -0.3 is 8.83 Å². The van der Waals surface area contributed by atoms with Crippen molar-refractivity contribution in [2.45, 2.75) is 32.9 Å². The van der Waals surface area contributed by atoms with Crippen LogP contribution in [0, 0.1) is 12.8 Å². The van der Waals surface area contributed by atoms with Crippen LogP contribution in [0.4, 0.5) is 0 Å². The zero-order valence-electron chi connectivity index (χ0n) is 13.6. The molecule has 0 unspecified atom stereocenters. The fourth-order valence-corrected chi connectivity index (χ4v) is 3.23. The Morgan fingerprint density at radius 2 is 2.29 bits per heavy atom. The van der Waals surface area contributed by atoms with Gasteiger partial charge >= 0.3 is 0 Å². The van der Waals surface area contributed by atoms with Crippen LogP contribution < -0.4 is 0 Å². The van der Waals surface area contributed by atoms with E-state index in [1.807, 2.05) is 17.7 Å². The summed E-state index contributed by atoms with van der Waals surface area (Å²) in [5, 5.41) is 12.5. The number of hydrogen-bond acceptors (Lipinski definition) is 7. The molecule has 1 aliphatic heterocycles. The van der Waals surface area contributed by atoms with E-state index in [1.165, 1.54) is 6.42 Å². The molecule has 1 saturated heterocycles. The van der Waals surface area contributed by atoms with Crippen LogP contribution >= 0.6 is 0 Å². The Bertz CT molecular complexity index is 778. The number of furan rings is 1. The molecule has 1 atom stereocenters. The highest BCUT2D eigenvalue weighted by atomic mass is 16.4. The summed E-state index contributed by atoms with van der Waals surface area (Å²) in [6.45, 7) is 5.57. The zero-order chi connectivity index (χ0) is 16.4. The second kappa shape index (κ2) is 6.56. The molecule has 0 spiro atoms. The van der Waals surface area contributed by atoms with Gasteiger partial charge in [0, 0.05) is 18.7 Å². The molecular formula is C16H20N6O2. The molecule has 126 valence electrons. The van der Waals surface area contributed by atoms with Crippen LogP contribution in [0.1, 0.15) is 24.3 Å². The summed E-state index contributed by atoms with van der Waals surface area (Å²) in [5.41, 5.74) is 0.996. The molecule has 8 nitrogen and oxygen atoms in total. The smallest absolute Gasteiger partial charge is 0.283 e. The molecule has 8 heteroatoms. The Labute approximate surface area is 139 Å². The van der Waals surface area contributed by atoms with E-state index in [0.717, 1.165) is 31.6 Å². The SMILES string of the molecule is Cc1ccoc1-c1nnc(CN2CCC[C@H](Cn3cncn3)C2)o1. The summed E-state index contributed by atoms with van der Waals surface area (Å²) in [4.78, 5) is 6.36. The second-order valence-corrected chi connectivity index (χ2v) is 6.29. The molecule has 1 aliphatic rings. The molecule has 0 radical (unpaired) electrons. The van der Waals surface area contributed by atoms with E-state index < -0.39 is 0 Å². The maximum atomic E-state index is 5.77. The molecular weight excluding hydrogens is 308 g/mol. The first-order valence-electron chi connectivity index (χ1n) is 8.19. The third-order valence-corrected chi connectivity index (χ3v) is 4.40. The van der Waals surface area contributed by atoms with Gasteiger partial charge in [-0.3, -0.25) is 9.58 Å². The summed E-state index contributed by atoms with van der Waals surface area (Å²) >= 11 is 0. The van der Waals surface area contributed by atoms with Crippen molar-refractivity contribution in [1.29, 1.82) is 0 Å². The highest BCUT2D eigenvalue weighted by Gasteiger charge is 2.23. The van der Waals surface area contributed by atoms with Gasteiger partial charge in [0.25, 0.3) is 5.89 Å². The van der Waals surface area contributed by atoms with Gasteiger partial charge in [-0.2, -0.15) is 5.10 Å². The average molecular weight is 328 g/mol. The summed E-state index contributed by atoms with van der Waals surface area (Å²) in [5.74, 6) is 2.29. The number of likely N-dealkylation sites (tertiary alicyclic amines) is 1. The van der Waals surface area contributed by atoms with Gasteiger partial charge in [-0.15, -0.1) is 10.2 Å². The number of aryl methyl sites for hydroxylation is 1. The minimum absolute atomic E-state index is 0.448. The molecule has 3 aromatic rings. The largest absolute Gasteiger partial charge is 0.459 e. The first kappa shape index (κ1) is 15.1. The van der Waals surface area contributed by atoms with Gasteiger partial charge in [-0.1, -0.05) is 0 Å². The van der Waals surface area contributed by atoms with Gasteiger partial charge in [0.05, 0.1) is 12.8 Å². The molecule has 3 aromatic heterocycles.